The van der Waals surface area contributed by atoms with Crippen LogP contribution in [0.3, 0.4) is 0 Å². The maximum Gasteiger partial charge on any atom is 0.239 e. The van der Waals surface area contributed by atoms with Crippen LogP contribution in [-0.2, 0) is 14.3 Å². The van der Waals surface area contributed by atoms with Crippen LogP contribution in [0.15, 0.2) is 0 Å². The molecule has 3 N–H and O–H groups in total. The van der Waals surface area contributed by atoms with Gasteiger partial charge in [0.05, 0.1) is 12.7 Å². The number of rotatable bonds is 6. The molecule has 0 aromatic heterocycles. The minimum Gasteiger partial charge on any atom is -0.383 e. The van der Waals surface area contributed by atoms with Crippen molar-refractivity contribution < 1.29 is 14.3 Å². The van der Waals surface area contributed by atoms with Crippen molar-refractivity contribution in [3.05, 3.63) is 0 Å². The van der Waals surface area contributed by atoms with Crippen LogP contribution >= 0.6 is 0 Å². The first-order chi connectivity index (χ1) is 8.17. The van der Waals surface area contributed by atoms with E-state index >= 15 is 0 Å². The van der Waals surface area contributed by atoms with E-state index in [0.29, 0.717) is 18.6 Å². The summed E-state index contributed by atoms with van der Waals surface area (Å²) in [5, 5.41) is 2.89. The largest absolute Gasteiger partial charge is 0.383 e. The SMILES string of the molecule is COCC(N)C(=O)NCC1CCC(OC)CC1. The van der Waals surface area contributed by atoms with Gasteiger partial charge in [0.1, 0.15) is 6.04 Å². The highest BCUT2D eigenvalue weighted by Gasteiger charge is 2.22. The number of hydrogen-bond acceptors (Lipinski definition) is 4. The van der Waals surface area contributed by atoms with Crippen molar-refractivity contribution in [3.63, 3.8) is 0 Å². The standard InChI is InChI=1S/C12H24N2O3/c1-16-8-11(13)12(15)14-7-9-3-5-10(17-2)6-4-9/h9-11H,3-8,13H2,1-2H3,(H,14,15). The van der Waals surface area contributed by atoms with Gasteiger partial charge >= 0.3 is 0 Å². The summed E-state index contributed by atoms with van der Waals surface area (Å²) in [4.78, 5) is 11.6. The van der Waals surface area contributed by atoms with E-state index in [1.807, 2.05) is 0 Å². The van der Waals surface area contributed by atoms with Crippen LogP contribution in [0.2, 0.25) is 0 Å². The molecule has 1 fully saturated rings. The third-order valence-corrected chi connectivity index (χ3v) is 3.38. The third kappa shape index (κ3) is 5.02. The van der Waals surface area contributed by atoms with E-state index in [1.54, 1.807) is 14.2 Å². The predicted octanol–water partition coefficient (Wildman–Crippen LogP) is 0.282. The van der Waals surface area contributed by atoms with Crippen molar-refractivity contribution >= 4 is 5.91 Å². The molecule has 0 bridgehead atoms. The van der Waals surface area contributed by atoms with Gasteiger partial charge in [0.25, 0.3) is 0 Å². The molecular weight excluding hydrogens is 220 g/mol. The molecule has 0 radical (unpaired) electrons. The van der Waals surface area contributed by atoms with Crippen molar-refractivity contribution in [1.82, 2.24) is 5.32 Å². The highest BCUT2D eigenvalue weighted by Crippen LogP contribution is 2.25. The lowest BCUT2D eigenvalue weighted by Gasteiger charge is -2.27. The Kier molecular flexibility index (Phi) is 6.47. The number of ether oxygens (including phenoxy) is 2. The minimum absolute atomic E-state index is 0.124. The highest BCUT2D eigenvalue weighted by molar-refractivity contribution is 5.81. The van der Waals surface area contributed by atoms with E-state index in [9.17, 15) is 4.79 Å². The van der Waals surface area contributed by atoms with E-state index in [-0.39, 0.29) is 12.5 Å². The summed E-state index contributed by atoms with van der Waals surface area (Å²) >= 11 is 0. The zero-order valence-electron chi connectivity index (χ0n) is 10.8. The smallest absolute Gasteiger partial charge is 0.239 e. The average Bonchev–Trinajstić information content (AvgIpc) is 2.36. The van der Waals surface area contributed by atoms with Crippen LogP contribution in [0, 0.1) is 5.92 Å². The summed E-state index contributed by atoms with van der Waals surface area (Å²) in [6.45, 7) is 0.981. The quantitative estimate of drug-likeness (QED) is 0.704. The van der Waals surface area contributed by atoms with E-state index in [1.165, 1.54) is 0 Å². The Balaban J connectivity index is 2.16. The van der Waals surface area contributed by atoms with Gasteiger partial charge in [-0.25, -0.2) is 0 Å². The van der Waals surface area contributed by atoms with Crippen molar-refractivity contribution in [3.8, 4) is 0 Å². The number of hydrogen-bond donors (Lipinski definition) is 2. The minimum atomic E-state index is -0.560. The van der Waals surface area contributed by atoms with Gasteiger partial charge in [-0.15, -0.1) is 0 Å². The Morgan fingerprint density at radius 1 is 1.35 bits per heavy atom. The summed E-state index contributed by atoms with van der Waals surface area (Å²) in [7, 11) is 3.30. The van der Waals surface area contributed by atoms with E-state index in [0.717, 1.165) is 25.7 Å². The van der Waals surface area contributed by atoms with Gasteiger partial charge in [0, 0.05) is 20.8 Å². The average molecular weight is 244 g/mol. The van der Waals surface area contributed by atoms with Crippen molar-refractivity contribution in [2.45, 2.75) is 37.8 Å². The fraction of sp³-hybridized carbons (Fsp3) is 0.917. The first-order valence-electron chi connectivity index (χ1n) is 6.22. The number of amides is 1. The van der Waals surface area contributed by atoms with Crippen LogP contribution in [0.1, 0.15) is 25.7 Å². The van der Waals surface area contributed by atoms with Gasteiger partial charge < -0.3 is 20.5 Å². The molecule has 0 aromatic rings. The van der Waals surface area contributed by atoms with E-state index < -0.39 is 6.04 Å². The van der Waals surface area contributed by atoms with E-state index in [2.05, 4.69) is 5.32 Å². The lowest BCUT2D eigenvalue weighted by molar-refractivity contribution is -0.123. The normalized spacial score (nSPS) is 26.5. The molecule has 0 heterocycles. The molecular formula is C12H24N2O3. The molecule has 1 aliphatic carbocycles. The molecule has 100 valence electrons. The van der Waals surface area contributed by atoms with Gasteiger partial charge in [-0.3, -0.25) is 4.79 Å². The summed E-state index contributed by atoms with van der Waals surface area (Å²) < 4.78 is 10.2. The molecule has 1 atom stereocenters. The molecule has 17 heavy (non-hydrogen) atoms. The number of carbonyl (C=O) groups excluding carboxylic acids is 1. The van der Waals surface area contributed by atoms with Crippen molar-refractivity contribution in [2.75, 3.05) is 27.4 Å². The van der Waals surface area contributed by atoms with E-state index in [4.69, 9.17) is 15.2 Å². The first kappa shape index (κ1) is 14.4. The second-order valence-corrected chi connectivity index (χ2v) is 4.69. The summed E-state index contributed by atoms with van der Waals surface area (Å²) in [6, 6.07) is -0.560. The van der Waals surface area contributed by atoms with Crippen molar-refractivity contribution in [2.24, 2.45) is 11.7 Å². The third-order valence-electron chi connectivity index (χ3n) is 3.38. The van der Waals surface area contributed by atoms with Gasteiger partial charge in [0.2, 0.25) is 5.91 Å². The fourth-order valence-corrected chi connectivity index (χ4v) is 2.20. The highest BCUT2D eigenvalue weighted by atomic mass is 16.5. The molecule has 1 amide bonds. The van der Waals surface area contributed by atoms with Crippen LogP contribution in [0.5, 0.6) is 0 Å². The molecule has 0 saturated heterocycles. The maximum absolute atomic E-state index is 11.6. The molecule has 1 aliphatic rings. The molecule has 1 rings (SSSR count). The molecule has 0 aliphatic heterocycles. The molecule has 5 nitrogen and oxygen atoms in total. The molecule has 0 aromatic carbocycles. The van der Waals surface area contributed by atoms with Crippen LogP contribution in [0.4, 0.5) is 0 Å². The first-order valence-corrected chi connectivity index (χ1v) is 6.22. The van der Waals surface area contributed by atoms with Gasteiger partial charge in [-0.2, -0.15) is 0 Å². The Hall–Kier alpha value is -0.650. The topological polar surface area (TPSA) is 73.6 Å². The lowest BCUT2D eigenvalue weighted by atomic mass is 9.87. The Morgan fingerprint density at radius 2 is 2.00 bits per heavy atom. The Bertz CT molecular complexity index is 228. The van der Waals surface area contributed by atoms with Gasteiger partial charge in [-0.05, 0) is 31.6 Å². The second kappa shape index (κ2) is 7.63. The molecule has 1 saturated carbocycles. The summed E-state index contributed by atoms with van der Waals surface area (Å²) in [5.41, 5.74) is 5.63. The summed E-state index contributed by atoms with van der Waals surface area (Å²) in [5.74, 6) is 0.431. The Morgan fingerprint density at radius 3 is 2.53 bits per heavy atom. The van der Waals surface area contributed by atoms with Gasteiger partial charge in [0.15, 0.2) is 0 Å². The fourth-order valence-electron chi connectivity index (χ4n) is 2.20. The number of methoxy groups -OCH3 is 2. The van der Waals surface area contributed by atoms with Crippen molar-refractivity contribution in [1.29, 1.82) is 0 Å². The summed E-state index contributed by atoms with van der Waals surface area (Å²) in [6.07, 6.45) is 4.79. The second-order valence-electron chi connectivity index (χ2n) is 4.69. The lowest BCUT2D eigenvalue weighted by Crippen LogP contribution is -2.45. The Labute approximate surface area is 103 Å². The molecule has 5 heteroatoms. The van der Waals surface area contributed by atoms with Crippen LogP contribution in [0.25, 0.3) is 0 Å². The number of nitrogens with two attached hydrogens (primary N) is 1. The zero-order chi connectivity index (χ0) is 12.7. The molecule has 0 spiro atoms. The monoisotopic (exact) mass is 244 g/mol. The van der Waals surface area contributed by atoms with Crippen LogP contribution < -0.4 is 11.1 Å². The van der Waals surface area contributed by atoms with Crippen LogP contribution in [-0.4, -0.2) is 45.4 Å². The number of nitrogens with one attached hydrogen (secondary N) is 1. The molecule has 1 unspecified atom stereocenters. The van der Waals surface area contributed by atoms with Gasteiger partial charge in [-0.1, -0.05) is 0 Å². The maximum atomic E-state index is 11.6. The zero-order valence-corrected chi connectivity index (χ0v) is 10.8. The number of carbonyl (C=O) groups is 1. The predicted molar refractivity (Wildman–Crippen MR) is 65.6 cm³/mol.